The van der Waals surface area contributed by atoms with E-state index in [0.29, 0.717) is 0 Å². The van der Waals surface area contributed by atoms with Gasteiger partial charge in [0, 0.05) is 7.05 Å². The minimum absolute atomic E-state index is 0.0786. The van der Waals surface area contributed by atoms with Crippen molar-refractivity contribution in [3.63, 3.8) is 0 Å². The molecule has 1 aromatic rings. The third kappa shape index (κ3) is 3.54. The first-order valence-electron chi connectivity index (χ1n) is 4.53. The molecule has 0 aliphatic rings. The predicted molar refractivity (Wildman–Crippen MR) is 59.9 cm³/mol. The number of anilines is 1. The van der Waals surface area contributed by atoms with Gasteiger partial charge < -0.3 is 10.1 Å². The average Bonchev–Trinajstić information content (AvgIpc) is 2.20. The van der Waals surface area contributed by atoms with E-state index in [4.69, 9.17) is 23.2 Å². The fourth-order valence-electron chi connectivity index (χ4n) is 0.942. The molecule has 1 unspecified atom stereocenters. The molecule has 0 aromatic carbocycles. The van der Waals surface area contributed by atoms with Crippen molar-refractivity contribution >= 4 is 29.0 Å². The summed E-state index contributed by atoms with van der Waals surface area (Å²) in [6.45, 7) is 0.867. The molecule has 3 nitrogen and oxygen atoms in total. The molecular weight excluding hydrogens is 280 g/mol. The lowest BCUT2D eigenvalue weighted by molar-refractivity contribution is -0.189. The molecular formula is C9H9Cl2F3N2O. The van der Waals surface area contributed by atoms with E-state index in [9.17, 15) is 13.2 Å². The van der Waals surface area contributed by atoms with Crippen LogP contribution in [0.15, 0.2) is 6.07 Å². The Bertz CT molecular complexity index is 412. The number of alkyl halides is 3. The minimum Gasteiger partial charge on any atom is -0.464 e. The summed E-state index contributed by atoms with van der Waals surface area (Å²) in [6, 6.07) is 1.26. The maximum absolute atomic E-state index is 12.3. The molecule has 0 radical (unpaired) electrons. The number of hydrogen-bond donors (Lipinski definition) is 1. The van der Waals surface area contributed by atoms with Crippen molar-refractivity contribution in [1.29, 1.82) is 0 Å². The van der Waals surface area contributed by atoms with Gasteiger partial charge in [0.15, 0.2) is 6.10 Å². The zero-order valence-corrected chi connectivity index (χ0v) is 10.4. The van der Waals surface area contributed by atoms with Crippen molar-refractivity contribution in [2.75, 3.05) is 12.4 Å². The smallest absolute Gasteiger partial charge is 0.425 e. The lowest BCUT2D eigenvalue weighted by Crippen LogP contribution is -2.31. The number of pyridine rings is 1. The Kier molecular flexibility index (Phi) is 4.32. The Morgan fingerprint density at radius 2 is 1.94 bits per heavy atom. The molecule has 0 aliphatic heterocycles. The van der Waals surface area contributed by atoms with Gasteiger partial charge in [-0.1, -0.05) is 23.2 Å². The van der Waals surface area contributed by atoms with Gasteiger partial charge in [-0.3, -0.25) is 0 Å². The molecule has 1 rings (SSSR count). The number of ether oxygens (including phenoxy) is 1. The Labute approximate surface area is 106 Å². The number of nitrogens with one attached hydrogen (secondary N) is 1. The van der Waals surface area contributed by atoms with Crippen LogP contribution in [0.25, 0.3) is 0 Å². The van der Waals surface area contributed by atoms with Gasteiger partial charge in [0.25, 0.3) is 0 Å². The standard InChI is InChI=1S/C9H9Cl2F3N2O/c1-4(9(12,13)14)17-8-6(11)3-5(10)7(15-2)16-8/h3-4H,1-2H3,(H,15,16). The van der Waals surface area contributed by atoms with Crippen molar-refractivity contribution in [3.8, 4) is 5.88 Å². The lowest BCUT2D eigenvalue weighted by atomic mass is 10.4. The van der Waals surface area contributed by atoms with Crippen LogP contribution in [-0.4, -0.2) is 24.3 Å². The highest BCUT2D eigenvalue weighted by Crippen LogP contribution is 2.33. The largest absolute Gasteiger partial charge is 0.464 e. The van der Waals surface area contributed by atoms with Crippen molar-refractivity contribution < 1.29 is 17.9 Å². The summed E-state index contributed by atoms with van der Waals surface area (Å²) in [4.78, 5) is 3.75. The second-order valence-corrected chi connectivity index (χ2v) is 3.97. The summed E-state index contributed by atoms with van der Waals surface area (Å²) >= 11 is 11.4. The van der Waals surface area contributed by atoms with Gasteiger partial charge in [0.2, 0.25) is 5.88 Å². The molecule has 1 N–H and O–H groups in total. The second kappa shape index (κ2) is 5.18. The number of aromatic nitrogens is 1. The predicted octanol–water partition coefficient (Wildman–Crippen LogP) is 3.76. The van der Waals surface area contributed by atoms with Crippen molar-refractivity contribution in [1.82, 2.24) is 4.98 Å². The number of nitrogens with zero attached hydrogens (tertiary/aromatic N) is 1. The summed E-state index contributed by atoms with van der Waals surface area (Å²) in [5, 5.41) is 2.73. The number of hydrogen-bond acceptors (Lipinski definition) is 3. The fraction of sp³-hybridized carbons (Fsp3) is 0.444. The topological polar surface area (TPSA) is 34.2 Å². The third-order valence-corrected chi connectivity index (χ3v) is 2.44. The molecule has 1 heterocycles. The molecule has 8 heteroatoms. The minimum atomic E-state index is -4.48. The summed E-state index contributed by atoms with van der Waals surface area (Å²) in [5.41, 5.74) is 0. The lowest BCUT2D eigenvalue weighted by Gasteiger charge is -2.18. The molecule has 96 valence electrons. The highest BCUT2D eigenvalue weighted by Gasteiger charge is 2.38. The van der Waals surface area contributed by atoms with Gasteiger partial charge in [-0.05, 0) is 13.0 Å². The van der Waals surface area contributed by atoms with Gasteiger partial charge in [-0.2, -0.15) is 18.2 Å². The average molecular weight is 289 g/mol. The van der Waals surface area contributed by atoms with Crippen LogP contribution in [0.1, 0.15) is 6.92 Å². The Balaban J connectivity index is 2.99. The molecule has 0 fully saturated rings. The first-order chi connectivity index (χ1) is 7.75. The van der Waals surface area contributed by atoms with E-state index in [2.05, 4.69) is 15.0 Å². The van der Waals surface area contributed by atoms with E-state index in [1.54, 1.807) is 0 Å². The third-order valence-electron chi connectivity index (χ3n) is 1.88. The molecule has 1 aromatic heterocycles. The van der Waals surface area contributed by atoms with E-state index in [1.165, 1.54) is 13.1 Å². The Hall–Kier alpha value is -0.880. The summed E-state index contributed by atoms with van der Waals surface area (Å²) in [7, 11) is 1.53. The molecule has 0 bridgehead atoms. The molecule has 0 spiro atoms. The zero-order valence-electron chi connectivity index (χ0n) is 8.90. The van der Waals surface area contributed by atoms with Gasteiger partial charge in [-0.25, -0.2) is 0 Å². The van der Waals surface area contributed by atoms with E-state index in [-0.39, 0.29) is 21.7 Å². The van der Waals surface area contributed by atoms with Crippen LogP contribution in [0.5, 0.6) is 5.88 Å². The number of halogens is 5. The van der Waals surface area contributed by atoms with Gasteiger partial charge >= 0.3 is 6.18 Å². The van der Waals surface area contributed by atoms with Gasteiger partial charge in [0.1, 0.15) is 10.8 Å². The molecule has 1 atom stereocenters. The van der Waals surface area contributed by atoms with Crippen LogP contribution in [0.2, 0.25) is 10.0 Å². The van der Waals surface area contributed by atoms with E-state index < -0.39 is 12.3 Å². The molecule has 0 saturated heterocycles. The van der Waals surface area contributed by atoms with Crippen LogP contribution in [-0.2, 0) is 0 Å². The van der Waals surface area contributed by atoms with Gasteiger partial charge in [0.05, 0.1) is 5.02 Å². The summed E-state index contributed by atoms with van der Waals surface area (Å²) < 4.78 is 41.5. The Morgan fingerprint density at radius 1 is 1.35 bits per heavy atom. The van der Waals surface area contributed by atoms with Crippen LogP contribution < -0.4 is 10.1 Å². The van der Waals surface area contributed by atoms with Crippen molar-refractivity contribution in [2.24, 2.45) is 0 Å². The van der Waals surface area contributed by atoms with Crippen LogP contribution in [0.4, 0.5) is 19.0 Å². The molecule has 0 aliphatic carbocycles. The summed E-state index contributed by atoms with van der Waals surface area (Å²) in [5.74, 6) is -0.120. The summed E-state index contributed by atoms with van der Waals surface area (Å²) in [6.07, 6.45) is -6.48. The molecule has 0 saturated carbocycles. The Morgan fingerprint density at radius 3 is 2.41 bits per heavy atom. The van der Waals surface area contributed by atoms with E-state index >= 15 is 0 Å². The molecule has 17 heavy (non-hydrogen) atoms. The number of rotatable bonds is 3. The first kappa shape index (κ1) is 14.2. The quantitative estimate of drug-likeness (QED) is 0.920. The highest BCUT2D eigenvalue weighted by molar-refractivity contribution is 6.36. The van der Waals surface area contributed by atoms with Crippen LogP contribution in [0.3, 0.4) is 0 Å². The van der Waals surface area contributed by atoms with E-state index in [0.717, 1.165) is 6.92 Å². The van der Waals surface area contributed by atoms with Crippen LogP contribution >= 0.6 is 23.2 Å². The monoisotopic (exact) mass is 288 g/mol. The first-order valence-corrected chi connectivity index (χ1v) is 5.28. The van der Waals surface area contributed by atoms with E-state index in [1.807, 2.05) is 0 Å². The molecule has 0 amide bonds. The fourth-order valence-corrected chi connectivity index (χ4v) is 1.44. The normalized spacial score (nSPS) is 13.4. The zero-order chi connectivity index (χ0) is 13.2. The van der Waals surface area contributed by atoms with Gasteiger partial charge in [-0.15, -0.1) is 0 Å². The highest BCUT2D eigenvalue weighted by atomic mass is 35.5. The SMILES string of the molecule is CNc1nc(OC(C)C(F)(F)F)c(Cl)cc1Cl. The van der Waals surface area contributed by atoms with Crippen molar-refractivity contribution in [3.05, 3.63) is 16.1 Å². The van der Waals surface area contributed by atoms with Crippen molar-refractivity contribution in [2.45, 2.75) is 19.2 Å². The maximum atomic E-state index is 12.3. The maximum Gasteiger partial charge on any atom is 0.425 e. The van der Waals surface area contributed by atoms with Crippen LogP contribution in [0, 0.1) is 0 Å². The second-order valence-electron chi connectivity index (χ2n) is 3.16.